The number of anilines is 1. The van der Waals surface area contributed by atoms with Crippen LogP contribution in [0.15, 0.2) is 71.4 Å². The average Bonchev–Trinajstić information content (AvgIpc) is 3.33. The number of esters is 1. The van der Waals surface area contributed by atoms with Gasteiger partial charge in [-0.1, -0.05) is 36.4 Å². The molecule has 0 saturated heterocycles. The third kappa shape index (κ3) is 6.91. The van der Waals surface area contributed by atoms with Crippen LogP contribution in [0.1, 0.15) is 34.0 Å². The van der Waals surface area contributed by atoms with Crippen molar-refractivity contribution < 1.29 is 32.3 Å². The molecule has 3 rings (SSSR count). The molecule has 2 aromatic carbocycles. The van der Waals surface area contributed by atoms with Gasteiger partial charge in [-0.2, -0.15) is 24.5 Å². The summed E-state index contributed by atoms with van der Waals surface area (Å²) in [7, 11) is 0. The van der Waals surface area contributed by atoms with Gasteiger partial charge in [0.1, 0.15) is 0 Å². The molecular formula is C23H19F3N2O4S. The minimum Gasteiger partial charge on any atom is -0.447 e. The van der Waals surface area contributed by atoms with Crippen molar-refractivity contribution in [2.75, 3.05) is 11.9 Å². The molecular weight excluding hydrogens is 457 g/mol. The smallest absolute Gasteiger partial charge is 0.416 e. The maximum absolute atomic E-state index is 13.0. The van der Waals surface area contributed by atoms with E-state index >= 15 is 0 Å². The quantitative estimate of drug-likeness (QED) is 0.457. The summed E-state index contributed by atoms with van der Waals surface area (Å²) in [5, 5.41) is 8.36. The molecule has 3 aromatic rings. The monoisotopic (exact) mass is 476 g/mol. The Morgan fingerprint density at radius 3 is 2.42 bits per heavy atom. The molecule has 0 bridgehead atoms. The van der Waals surface area contributed by atoms with E-state index in [-0.39, 0.29) is 24.6 Å². The molecule has 10 heteroatoms. The number of thiophene rings is 1. The van der Waals surface area contributed by atoms with Crippen molar-refractivity contribution in [1.82, 2.24) is 5.32 Å². The van der Waals surface area contributed by atoms with Gasteiger partial charge in [0.15, 0.2) is 0 Å². The first-order chi connectivity index (χ1) is 15.7. The van der Waals surface area contributed by atoms with E-state index in [0.29, 0.717) is 11.1 Å². The molecule has 0 spiro atoms. The number of halogens is 3. The maximum atomic E-state index is 13.0. The summed E-state index contributed by atoms with van der Waals surface area (Å²) in [5.74, 6) is -1.91. The van der Waals surface area contributed by atoms with Crippen molar-refractivity contribution in [3.8, 4) is 0 Å². The number of ether oxygens (including phenoxy) is 1. The number of carbonyl (C=O) groups is 3. The molecule has 0 fully saturated rings. The first-order valence-electron chi connectivity index (χ1n) is 9.77. The van der Waals surface area contributed by atoms with Crippen LogP contribution in [0.2, 0.25) is 0 Å². The lowest BCUT2D eigenvalue weighted by Gasteiger charge is -2.18. The topological polar surface area (TPSA) is 84.5 Å². The number of carbonyl (C=O) groups excluding carboxylic acids is 3. The van der Waals surface area contributed by atoms with Crippen molar-refractivity contribution in [2.24, 2.45) is 0 Å². The van der Waals surface area contributed by atoms with Gasteiger partial charge in [-0.05, 0) is 29.6 Å². The summed E-state index contributed by atoms with van der Waals surface area (Å²) in [6, 6.07) is 13.9. The highest BCUT2D eigenvalue weighted by Crippen LogP contribution is 2.31. The van der Waals surface area contributed by atoms with Crippen molar-refractivity contribution in [2.45, 2.75) is 18.7 Å². The fraction of sp³-hybridized carbons (Fsp3) is 0.174. The normalized spacial score (nSPS) is 12.0. The zero-order valence-corrected chi connectivity index (χ0v) is 17.9. The minimum absolute atomic E-state index is 0.00965. The molecule has 2 amide bonds. The molecule has 0 radical (unpaired) electrons. The van der Waals surface area contributed by atoms with Crippen molar-refractivity contribution in [1.29, 1.82) is 0 Å². The zero-order chi connectivity index (χ0) is 23.8. The lowest BCUT2D eigenvalue weighted by molar-refractivity contribution is -0.154. The van der Waals surface area contributed by atoms with Gasteiger partial charge < -0.3 is 15.4 Å². The third-order valence-electron chi connectivity index (χ3n) is 4.45. The summed E-state index contributed by atoms with van der Waals surface area (Å²) >= 11 is 1.36. The molecule has 172 valence electrons. The van der Waals surface area contributed by atoms with E-state index in [9.17, 15) is 27.6 Å². The highest BCUT2D eigenvalue weighted by molar-refractivity contribution is 7.08. The van der Waals surface area contributed by atoms with E-state index in [0.717, 1.165) is 18.2 Å². The average molecular weight is 476 g/mol. The molecule has 1 atom stereocenters. The first kappa shape index (κ1) is 24.0. The number of amides is 2. The van der Waals surface area contributed by atoms with Crippen LogP contribution >= 0.6 is 11.3 Å². The highest BCUT2D eigenvalue weighted by atomic mass is 32.1. The van der Waals surface area contributed by atoms with Gasteiger partial charge in [-0.15, -0.1) is 0 Å². The summed E-state index contributed by atoms with van der Waals surface area (Å²) in [4.78, 5) is 37.1. The van der Waals surface area contributed by atoms with Crippen molar-refractivity contribution >= 4 is 34.8 Å². The van der Waals surface area contributed by atoms with Gasteiger partial charge in [0.05, 0.1) is 12.0 Å². The van der Waals surface area contributed by atoms with Crippen LogP contribution in [0.4, 0.5) is 18.9 Å². The van der Waals surface area contributed by atoms with Crippen LogP contribution in [-0.4, -0.2) is 24.3 Å². The summed E-state index contributed by atoms with van der Waals surface area (Å²) < 4.78 is 44.2. The molecule has 6 nitrogen and oxygen atoms in total. The largest absolute Gasteiger partial charge is 0.447 e. The fourth-order valence-electron chi connectivity index (χ4n) is 2.85. The van der Waals surface area contributed by atoms with Gasteiger partial charge in [0, 0.05) is 28.7 Å². The van der Waals surface area contributed by atoms with Gasteiger partial charge in [0.25, 0.3) is 11.8 Å². The van der Waals surface area contributed by atoms with Crippen LogP contribution in [0.25, 0.3) is 0 Å². The fourth-order valence-corrected chi connectivity index (χ4v) is 3.48. The Labute approximate surface area is 191 Å². The third-order valence-corrected chi connectivity index (χ3v) is 5.13. The first-order valence-corrected chi connectivity index (χ1v) is 10.7. The van der Waals surface area contributed by atoms with E-state index in [4.69, 9.17) is 4.74 Å². The lowest BCUT2D eigenvalue weighted by Crippen LogP contribution is -2.29. The predicted molar refractivity (Wildman–Crippen MR) is 117 cm³/mol. The second kappa shape index (κ2) is 10.8. The van der Waals surface area contributed by atoms with E-state index in [1.54, 1.807) is 47.2 Å². The van der Waals surface area contributed by atoms with E-state index < -0.39 is 29.7 Å². The van der Waals surface area contributed by atoms with E-state index in [1.165, 1.54) is 17.4 Å². The molecule has 0 aliphatic carbocycles. The second-order valence-corrected chi connectivity index (χ2v) is 7.65. The minimum atomic E-state index is -4.57. The van der Waals surface area contributed by atoms with Crippen LogP contribution < -0.4 is 10.6 Å². The van der Waals surface area contributed by atoms with Crippen LogP contribution in [0, 0.1) is 0 Å². The Bertz CT molecular complexity index is 1100. The molecule has 1 heterocycles. The standard InChI is InChI=1S/C23H19F3N2O4S/c24-23(25,26)17-7-4-8-18(13-17)28-22(31)20(15-5-2-1-3-6-15)32-19(29)9-11-27-21(30)16-10-12-33-14-16/h1-8,10,12-14,20H,9,11H2,(H,27,30)(H,28,31). The maximum Gasteiger partial charge on any atom is 0.416 e. The number of hydrogen-bond donors (Lipinski definition) is 2. The molecule has 0 saturated carbocycles. The van der Waals surface area contributed by atoms with Crippen LogP contribution in [-0.2, 0) is 20.5 Å². The van der Waals surface area contributed by atoms with Gasteiger partial charge in [-0.25, -0.2) is 0 Å². The van der Waals surface area contributed by atoms with Gasteiger partial charge >= 0.3 is 12.1 Å². The van der Waals surface area contributed by atoms with Crippen molar-refractivity contribution in [3.63, 3.8) is 0 Å². The lowest BCUT2D eigenvalue weighted by atomic mass is 10.1. The Morgan fingerprint density at radius 1 is 1.00 bits per heavy atom. The zero-order valence-electron chi connectivity index (χ0n) is 17.1. The number of benzene rings is 2. The Hall–Kier alpha value is -3.66. The molecule has 1 aromatic heterocycles. The van der Waals surface area contributed by atoms with E-state index in [1.807, 2.05) is 0 Å². The number of rotatable bonds is 8. The number of hydrogen-bond acceptors (Lipinski definition) is 5. The Kier molecular flexibility index (Phi) is 7.83. The molecule has 1 unspecified atom stereocenters. The van der Waals surface area contributed by atoms with Gasteiger partial charge in [-0.3, -0.25) is 14.4 Å². The summed E-state index contributed by atoms with van der Waals surface area (Å²) in [6.45, 7) is -0.00965. The highest BCUT2D eigenvalue weighted by Gasteiger charge is 2.31. The molecule has 0 aliphatic heterocycles. The number of alkyl halides is 3. The van der Waals surface area contributed by atoms with Crippen LogP contribution in [0.5, 0.6) is 0 Å². The Balaban J connectivity index is 1.65. The SMILES string of the molecule is O=C(CCNC(=O)c1ccsc1)OC(C(=O)Nc1cccc(C(F)(F)F)c1)c1ccccc1. The van der Waals surface area contributed by atoms with Gasteiger partial charge in [0.2, 0.25) is 6.10 Å². The molecule has 2 N–H and O–H groups in total. The summed E-state index contributed by atoms with van der Waals surface area (Å²) in [6.07, 6.45) is -6.16. The number of nitrogens with one attached hydrogen (secondary N) is 2. The second-order valence-electron chi connectivity index (χ2n) is 6.87. The molecule has 0 aliphatic rings. The van der Waals surface area contributed by atoms with Crippen LogP contribution in [0.3, 0.4) is 0 Å². The summed E-state index contributed by atoms with van der Waals surface area (Å²) in [5.41, 5.74) is -0.196. The van der Waals surface area contributed by atoms with Crippen molar-refractivity contribution in [3.05, 3.63) is 88.1 Å². The predicted octanol–water partition coefficient (Wildman–Crippen LogP) is 4.81. The van der Waals surface area contributed by atoms with E-state index in [2.05, 4.69) is 10.6 Å². The molecule has 33 heavy (non-hydrogen) atoms. The Morgan fingerprint density at radius 2 is 1.76 bits per heavy atom.